The van der Waals surface area contributed by atoms with Gasteiger partial charge in [-0.05, 0) is 54.1 Å². The minimum Gasteiger partial charge on any atom is -0.322 e. The molecule has 1 aromatic heterocycles. The minimum atomic E-state index is -0.366. The van der Waals surface area contributed by atoms with Gasteiger partial charge in [-0.2, -0.15) is 0 Å². The minimum absolute atomic E-state index is 0.294. The fourth-order valence-corrected chi connectivity index (χ4v) is 2.34. The van der Waals surface area contributed by atoms with Crippen molar-refractivity contribution in [2.45, 2.75) is 0 Å². The molecule has 2 N–H and O–H groups in total. The Hall–Kier alpha value is -3.80. The largest absolute Gasteiger partial charge is 0.322 e. The van der Waals surface area contributed by atoms with E-state index in [9.17, 15) is 14.0 Å². The Morgan fingerprint density at radius 2 is 1.70 bits per heavy atom. The summed E-state index contributed by atoms with van der Waals surface area (Å²) in [5.41, 5.74) is 2.08. The van der Waals surface area contributed by atoms with Crippen LogP contribution in [-0.2, 0) is 4.79 Å². The zero-order valence-electron chi connectivity index (χ0n) is 14.2. The van der Waals surface area contributed by atoms with E-state index in [1.165, 1.54) is 30.5 Å². The van der Waals surface area contributed by atoms with Crippen LogP contribution < -0.4 is 10.6 Å². The van der Waals surface area contributed by atoms with Crippen molar-refractivity contribution >= 4 is 29.3 Å². The average molecular weight is 361 g/mol. The number of anilines is 2. The van der Waals surface area contributed by atoms with Gasteiger partial charge in [-0.15, -0.1) is 0 Å². The Morgan fingerprint density at radius 3 is 2.44 bits per heavy atom. The zero-order chi connectivity index (χ0) is 19.1. The molecule has 134 valence electrons. The number of nitrogens with one attached hydrogen (secondary N) is 2. The van der Waals surface area contributed by atoms with Gasteiger partial charge in [-0.25, -0.2) is 4.39 Å². The van der Waals surface area contributed by atoms with Gasteiger partial charge in [0.2, 0.25) is 5.91 Å². The van der Waals surface area contributed by atoms with Gasteiger partial charge in [0.05, 0.1) is 5.56 Å². The molecule has 2 amide bonds. The highest BCUT2D eigenvalue weighted by molar-refractivity contribution is 6.05. The third-order valence-corrected chi connectivity index (χ3v) is 3.59. The summed E-state index contributed by atoms with van der Waals surface area (Å²) in [7, 11) is 0. The van der Waals surface area contributed by atoms with Crippen molar-refractivity contribution in [2.75, 3.05) is 10.6 Å². The molecular weight excluding hydrogens is 345 g/mol. The number of carbonyl (C=O) groups is 2. The summed E-state index contributed by atoms with van der Waals surface area (Å²) in [6.07, 6.45) is 5.89. The van der Waals surface area contributed by atoms with Gasteiger partial charge in [0.1, 0.15) is 5.82 Å². The third kappa shape index (κ3) is 5.34. The van der Waals surface area contributed by atoms with E-state index in [-0.39, 0.29) is 17.6 Å². The highest BCUT2D eigenvalue weighted by atomic mass is 19.1. The molecule has 3 rings (SSSR count). The Labute approximate surface area is 155 Å². The molecule has 0 aliphatic rings. The average Bonchev–Trinajstić information content (AvgIpc) is 2.67. The normalized spacial score (nSPS) is 10.6. The SMILES string of the molecule is O=C(/C=C/c1cccc(F)c1)Nc1cccc(NC(=O)c2cccnc2)c1. The van der Waals surface area contributed by atoms with E-state index in [0.29, 0.717) is 22.5 Å². The molecule has 0 atom stereocenters. The van der Waals surface area contributed by atoms with Crippen LogP contribution in [0.4, 0.5) is 15.8 Å². The Bertz CT molecular complexity index is 987. The molecular formula is C21H16FN3O2. The predicted octanol–water partition coefficient (Wildman–Crippen LogP) is 4.12. The van der Waals surface area contributed by atoms with E-state index in [0.717, 1.165) is 0 Å². The summed E-state index contributed by atoms with van der Waals surface area (Å²) < 4.78 is 13.1. The lowest BCUT2D eigenvalue weighted by Crippen LogP contribution is -2.13. The molecule has 2 aromatic carbocycles. The highest BCUT2D eigenvalue weighted by Crippen LogP contribution is 2.16. The number of halogens is 1. The van der Waals surface area contributed by atoms with Gasteiger partial charge in [-0.1, -0.05) is 18.2 Å². The summed E-state index contributed by atoms with van der Waals surface area (Å²) in [5.74, 6) is -1.03. The molecule has 0 aliphatic heterocycles. The van der Waals surface area contributed by atoms with Gasteiger partial charge in [0.15, 0.2) is 0 Å². The van der Waals surface area contributed by atoms with Crippen LogP contribution in [0.2, 0.25) is 0 Å². The topological polar surface area (TPSA) is 71.1 Å². The van der Waals surface area contributed by atoms with E-state index in [4.69, 9.17) is 0 Å². The van der Waals surface area contributed by atoms with E-state index in [1.807, 2.05) is 0 Å². The number of aromatic nitrogens is 1. The van der Waals surface area contributed by atoms with Crippen molar-refractivity contribution in [3.63, 3.8) is 0 Å². The summed E-state index contributed by atoms with van der Waals surface area (Å²) in [6, 6.07) is 16.0. The van der Waals surface area contributed by atoms with Crippen LogP contribution >= 0.6 is 0 Å². The number of hydrogen-bond acceptors (Lipinski definition) is 3. The summed E-state index contributed by atoms with van der Waals surface area (Å²) >= 11 is 0. The van der Waals surface area contributed by atoms with E-state index in [2.05, 4.69) is 15.6 Å². The van der Waals surface area contributed by atoms with Crippen molar-refractivity contribution in [2.24, 2.45) is 0 Å². The van der Waals surface area contributed by atoms with E-state index in [1.54, 1.807) is 54.7 Å². The standard InChI is InChI=1S/C21H16FN3O2/c22-17-6-1-4-15(12-17)9-10-20(26)24-18-7-2-8-19(13-18)25-21(27)16-5-3-11-23-14-16/h1-14H,(H,24,26)(H,25,27)/b10-9+. The summed E-state index contributed by atoms with van der Waals surface area (Å²) in [5, 5.41) is 5.44. The van der Waals surface area contributed by atoms with Crippen molar-refractivity contribution in [1.82, 2.24) is 4.98 Å². The van der Waals surface area contributed by atoms with Gasteiger partial charge >= 0.3 is 0 Å². The maximum absolute atomic E-state index is 13.1. The molecule has 0 unspecified atom stereocenters. The Morgan fingerprint density at radius 1 is 0.926 bits per heavy atom. The fourth-order valence-electron chi connectivity index (χ4n) is 2.34. The molecule has 3 aromatic rings. The monoisotopic (exact) mass is 361 g/mol. The lowest BCUT2D eigenvalue weighted by molar-refractivity contribution is -0.111. The molecule has 0 aliphatic carbocycles. The first-order chi connectivity index (χ1) is 13.1. The number of amides is 2. The summed E-state index contributed by atoms with van der Waals surface area (Å²) in [6.45, 7) is 0. The molecule has 0 spiro atoms. The first kappa shape index (κ1) is 18.0. The molecule has 5 nitrogen and oxygen atoms in total. The lowest BCUT2D eigenvalue weighted by atomic mass is 10.2. The smallest absolute Gasteiger partial charge is 0.257 e. The molecule has 1 heterocycles. The van der Waals surface area contributed by atoms with Gasteiger partial charge < -0.3 is 10.6 Å². The third-order valence-electron chi connectivity index (χ3n) is 3.59. The number of pyridine rings is 1. The van der Waals surface area contributed by atoms with Crippen LogP contribution in [0.25, 0.3) is 6.08 Å². The van der Waals surface area contributed by atoms with Gasteiger partial charge in [0.25, 0.3) is 5.91 Å². The lowest BCUT2D eigenvalue weighted by Gasteiger charge is -2.08. The molecule has 0 fully saturated rings. The van der Waals surface area contributed by atoms with Crippen LogP contribution in [0.3, 0.4) is 0 Å². The van der Waals surface area contributed by atoms with Gasteiger partial charge in [-0.3, -0.25) is 14.6 Å². The molecule has 0 radical (unpaired) electrons. The molecule has 0 bridgehead atoms. The first-order valence-corrected chi connectivity index (χ1v) is 8.16. The second-order valence-electron chi connectivity index (χ2n) is 5.65. The van der Waals surface area contributed by atoms with Gasteiger partial charge in [0, 0.05) is 29.8 Å². The van der Waals surface area contributed by atoms with Crippen LogP contribution in [0.15, 0.2) is 79.1 Å². The number of benzene rings is 2. The molecule has 0 saturated carbocycles. The highest BCUT2D eigenvalue weighted by Gasteiger charge is 2.06. The Balaban J connectivity index is 1.63. The predicted molar refractivity (Wildman–Crippen MR) is 103 cm³/mol. The number of hydrogen-bond donors (Lipinski definition) is 2. The summed E-state index contributed by atoms with van der Waals surface area (Å²) in [4.78, 5) is 28.1. The van der Waals surface area contributed by atoms with Crippen LogP contribution in [0.1, 0.15) is 15.9 Å². The second kappa shape index (κ2) is 8.53. The molecule has 27 heavy (non-hydrogen) atoms. The van der Waals surface area contributed by atoms with Crippen LogP contribution in [0, 0.1) is 5.82 Å². The van der Waals surface area contributed by atoms with Crippen LogP contribution in [0.5, 0.6) is 0 Å². The van der Waals surface area contributed by atoms with E-state index < -0.39 is 0 Å². The maximum Gasteiger partial charge on any atom is 0.257 e. The number of rotatable bonds is 5. The van der Waals surface area contributed by atoms with Crippen molar-refractivity contribution in [1.29, 1.82) is 0 Å². The molecule has 0 saturated heterocycles. The number of carbonyl (C=O) groups excluding carboxylic acids is 2. The zero-order valence-corrected chi connectivity index (χ0v) is 14.2. The molecule has 6 heteroatoms. The Kier molecular flexibility index (Phi) is 5.69. The van der Waals surface area contributed by atoms with Crippen molar-refractivity contribution in [3.05, 3.63) is 96.1 Å². The number of nitrogens with zero attached hydrogens (tertiary/aromatic N) is 1. The van der Waals surface area contributed by atoms with E-state index >= 15 is 0 Å². The quantitative estimate of drug-likeness (QED) is 0.672. The van der Waals surface area contributed by atoms with Crippen molar-refractivity contribution < 1.29 is 14.0 Å². The maximum atomic E-state index is 13.1. The fraction of sp³-hybridized carbons (Fsp3) is 0. The van der Waals surface area contributed by atoms with Crippen molar-refractivity contribution in [3.8, 4) is 0 Å². The van der Waals surface area contributed by atoms with Crippen LogP contribution in [-0.4, -0.2) is 16.8 Å². The second-order valence-corrected chi connectivity index (χ2v) is 5.65. The first-order valence-electron chi connectivity index (χ1n) is 8.16.